The lowest BCUT2D eigenvalue weighted by molar-refractivity contribution is -0.153. The van der Waals surface area contributed by atoms with Crippen molar-refractivity contribution in [2.24, 2.45) is 0 Å². The van der Waals surface area contributed by atoms with Crippen LogP contribution >= 0.6 is 0 Å². The van der Waals surface area contributed by atoms with E-state index in [4.69, 9.17) is 10.00 Å². The molecule has 0 aromatic heterocycles. The Morgan fingerprint density at radius 2 is 1.80 bits per heavy atom. The Kier molecular flexibility index (Phi) is 7.81. The number of nitriles is 1. The summed E-state index contributed by atoms with van der Waals surface area (Å²) in [5.41, 5.74) is 1.05. The van der Waals surface area contributed by atoms with E-state index in [0.29, 0.717) is 18.6 Å². The maximum atomic E-state index is 12.3. The standard InChI is InChI=1S/C21H19F3N2O4/c1-14(27)2-3-15-4-7-18(8-5-15)29-12-20(28)26-17-6-9-19(16(10-17)11-25)30-13-21(22,23)24/h4-10H,2-3,12-13H2,1H3,(H,26,28). The van der Waals surface area contributed by atoms with Crippen LogP contribution in [0.15, 0.2) is 42.5 Å². The lowest BCUT2D eigenvalue weighted by Gasteiger charge is -2.12. The van der Waals surface area contributed by atoms with Crippen molar-refractivity contribution < 1.29 is 32.2 Å². The summed E-state index contributed by atoms with van der Waals surface area (Å²) in [7, 11) is 0. The minimum Gasteiger partial charge on any atom is -0.484 e. The van der Waals surface area contributed by atoms with Crippen molar-refractivity contribution in [1.29, 1.82) is 5.26 Å². The first-order chi connectivity index (χ1) is 14.2. The molecule has 30 heavy (non-hydrogen) atoms. The van der Waals surface area contributed by atoms with Crippen molar-refractivity contribution in [3.63, 3.8) is 0 Å². The van der Waals surface area contributed by atoms with Gasteiger partial charge in [-0.05, 0) is 49.2 Å². The van der Waals surface area contributed by atoms with Gasteiger partial charge in [-0.3, -0.25) is 4.79 Å². The highest BCUT2D eigenvalue weighted by atomic mass is 19.4. The van der Waals surface area contributed by atoms with Gasteiger partial charge in [0, 0.05) is 12.1 Å². The molecule has 0 spiro atoms. The SMILES string of the molecule is CC(=O)CCc1ccc(OCC(=O)Nc2ccc(OCC(F)(F)F)c(C#N)c2)cc1. The van der Waals surface area contributed by atoms with Crippen LogP contribution < -0.4 is 14.8 Å². The van der Waals surface area contributed by atoms with E-state index in [0.717, 1.165) is 5.56 Å². The second-order valence-electron chi connectivity index (χ2n) is 6.41. The minimum absolute atomic E-state index is 0.103. The molecule has 0 radical (unpaired) electrons. The average molecular weight is 420 g/mol. The minimum atomic E-state index is -4.53. The van der Waals surface area contributed by atoms with Gasteiger partial charge in [-0.25, -0.2) is 0 Å². The van der Waals surface area contributed by atoms with E-state index in [2.05, 4.69) is 10.1 Å². The Balaban J connectivity index is 1.88. The third-order valence-electron chi connectivity index (χ3n) is 3.83. The Hall–Kier alpha value is -3.54. The van der Waals surface area contributed by atoms with Gasteiger partial charge < -0.3 is 19.6 Å². The van der Waals surface area contributed by atoms with E-state index in [-0.39, 0.29) is 29.4 Å². The topological polar surface area (TPSA) is 88.4 Å². The van der Waals surface area contributed by atoms with Crippen LogP contribution in [-0.4, -0.2) is 31.1 Å². The first-order valence-corrected chi connectivity index (χ1v) is 8.91. The Labute approximate surface area is 171 Å². The predicted octanol–water partition coefficient (Wildman–Crippen LogP) is 4.04. The molecule has 2 aromatic rings. The number of hydrogen-bond donors (Lipinski definition) is 1. The largest absolute Gasteiger partial charge is 0.484 e. The van der Waals surface area contributed by atoms with E-state index < -0.39 is 18.7 Å². The third-order valence-corrected chi connectivity index (χ3v) is 3.83. The summed E-state index contributed by atoms with van der Waals surface area (Å²) in [5, 5.41) is 11.6. The molecule has 0 atom stereocenters. The molecule has 0 fully saturated rings. The first kappa shape index (κ1) is 22.7. The van der Waals surface area contributed by atoms with E-state index in [1.165, 1.54) is 25.1 Å². The van der Waals surface area contributed by atoms with Crippen LogP contribution in [0, 0.1) is 11.3 Å². The number of hydrogen-bond acceptors (Lipinski definition) is 5. The Bertz CT molecular complexity index is 935. The van der Waals surface area contributed by atoms with E-state index in [9.17, 15) is 22.8 Å². The second kappa shape index (κ2) is 10.3. The van der Waals surface area contributed by atoms with Crippen LogP contribution in [0.1, 0.15) is 24.5 Å². The number of carbonyl (C=O) groups excluding carboxylic acids is 2. The summed E-state index contributed by atoms with van der Waals surface area (Å²) < 4.78 is 46.7. The highest BCUT2D eigenvalue weighted by molar-refractivity contribution is 5.92. The number of aryl methyl sites for hydroxylation is 1. The Morgan fingerprint density at radius 1 is 1.10 bits per heavy atom. The van der Waals surface area contributed by atoms with Crippen LogP contribution in [0.2, 0.25) is 0 Å². The zero-order valence-electron chi connectivity index (χ0n) is 16.1. The number of carbonyl (C=O) groups is 2. The zero-order valence-corrected chi connectivity index (χ0v) is 16.1. The summed E-state index contributed by atoms with van der Waals surface area (Å²) in [6.07, 6.45) is -3.45. The number of ether oxygens (including phenoxy) is 2. The van der Waals surface area contributed by atoms with E-state index in [1.54, 1.807) is 30.3 Å². The number of anilines is 1. The maximum absolute atomic E-state index is 12.3. The quantitative estimate of drug-likeness (QED) is 0.662. The fourth-order valence-corrected chi connectivity index (χ4v) is 2.40. The molecule has 1 amide bonds. The number of Topliss-reactive ketones (excluding diaryl/α,β-unsaturated/α-hetero) is 1. The van der Waals surface area contributed by atoms with Crippen LogP contribution in [0.4, 0.5) is 18.9 Å². The van der Waals surface area contributed by atoms with Crippen molar-refractivity contribution in [1.82, 2.24) is 0 Å². The van der Waals surface area contributed by atoms with Gasteiger partial charge in [0.05, 0.1) is 5.56 Å². The Morgan fingerprint density at radius 3 is 2.40 bits per heavy atom. The van der Waals surface area contributed by atoms with E-state index >= 15 is 0 Å². The molecule has 9 heteroatoms. The molecule has 0 bridgehead atoms. The molecule has 0 aliphatic rings. The number of halogens is 3. The summed E-state index contributed by atoms with van der Waals surface area (Å²) in [6.45, 7) is -0.297. The average Bonchev–Trinajstić information content (AvgIpc) is 2.69. The molecule has 0 aliphatic carbocycles. The van der Waals surface area contributed by atoms with Gasteiger partial charge in [0.25, 0.3) is 5.91 Å². The number of rotatable bonds is 9. The summed E-state index contributed by atoms with van der Waals surface area (Å²) in [6, 6.07) is 12.4. The molecular formula is C21H19F3N2O4. The van der Waals surface area contributed by atoms with Crippen LogP contribution in [-0.2, 0) is 16.0 Å². The maximum Gasteiger partial charge on any atom is 0.422 e. The summed E-state index contributed by atoms with van der Waals surface area (Å²) in [4.78, 5) is 23.0. The van der Waals surface area contributed by atoms with Crippen LogP contribution in [0.25, 0.3) is 0 Å². The van der Waals surface area contributed by atoms with Crippen molar-refractivity contribution in [3.05, 3.63) is 53.6 Å². The number of alkyl halides is 3. The number of ketones is 1. The molecular weight excluding hydrogens is 401 g/mol. The zero-order chi connectivity index (χ0) is 22.1. The van der Waals surface area contributed by atoms with Crippen molar-refractivity contribution in [3.8, 4) is 17.6 Å². The number of nitrogens with one attached hydrogen (secondary N) is 1. The van der Waals surface area contributed by atoms with Gasteiger partial charge in [0.1, 0.15) is 23.4 Å². The molecule has 0 saturated carbocycles. The molecule has 2 rings (SSSR count). The molecule has 0 saturated heterocycles. The van der Waals surface area contributed by atoms with Crippen molar-refractivity contribution >= 4 is 17.4 Å². The van der Waals surface area contributed by atoms with Gasteiger partial charge in [0.15, 0.2) is 13.2 Å². The lowest BCUT2D eigenvalue weighted by Crippen LogP contribution is -2.21. The van der Waals surface area contributed by atoms with Crippen LogP contribution in [0.5, 0.6) is 11.5 Å². The smallest absolute Gasteiger partial charge is 0.422 e. The van der Waals surface area contributed by atoms with Gasteiger partial charge in [-0.1, -0.05) is 12.1 Å². The molecule has 1 N–H and O–H groups in total. The fraction of sp³-hybridized carbons (Fsp3) is 0.286. The fourth-order valence-electron chi connectivity index (χ4n) is 2.40. The highest BCUT2D eigenvalue weighted by Gasteiger charge is 2.28. The summed E-state index contributed by atoms with van der Waals surface area (Å²) >= 11 is 0. The molecule has 158 valence electrons. The monoisotopic (exact) mass is 420 g/mol. The molecule has 0 aliphatic heterocycles. The predicted molar refractivity (Wildman–Crippen MR) is 102 cm³/mol. The van der Waals surface area contributed by atoms with E-state index in [1.807, 2.05) is 0 Å². The molecule has 0 unspecified atom stereocenters. The molecule has 0 heterocycles. The summed E-state index contributed by atoms with van der Waals surface area (Å²) in [5.74, 6) is -0.172. The lowest BCUT2D eigenvalue weighted by atomic mass is 10.1. The molecule has 2 aromatic carbocycles. The second-order valence-corrected chi connectivity index (χ2v) is 6.41. The number of nitrogens with zero attached hydrogens (tertiary/aromatic N) is 1. The number of amides is 1. The molecule has 6 nitrogen and oxygen atoms in total. The van der Waals surface area contributed by atoms with Crippen molar-refractivity contribution in [2.75, 3.05) is 18.5 Å². The third kappa shape index (κ3) is 7.83. The number of benzene rings is 2. The van der Waals surface area contributed by atoms with Gasteiger partial charge in [0.2, 0.25) is 0 Å². The van der Waals surface area contributed by atoms with Crippen molar-refractivity contribution in [2.45, 2.75) is 25.9 Å². The first-order valence-electron chi connectivity index (χ1n) is 8.91. The normalized spacial score (nSPS) is 10.8. The highest BCUT2D eigenvalue weighted by Crippen LogP contribution is 2.25. The van der Waals surface area contributed by atoms with Gasteiger partial charge >= 0.3 is 6.18 Å². The van der Waals surface area contributed by atoms with Crippen LogP contribution in [0.3, 0.4) is 0 Å². The van der Waals surface area contributed by atoms with Gasteiger partial charge in [-0.2, -0.15) is 18.4 Å². The van der Waals surface area contributed by atoms with Gasteiger partial charge in [-0.15, -0.1) is 0 Å².